The second-order valence-electron chi connectivity index (χ2n) is 3.73. The Morgan fingerprint density at radius 1 is 1.33 bits per heavy atom. The Hall–Kier alpha value is -2.14. The minimum atomic E-state index is -0.147. The van der Waals surface area contributed by atoms with Crippen molar-refractivity contribution in [3.05, 3.63) is 36.5 Å². The van der Waals surface area contributed by atoms with Crippen molar-refractivity contribution in [2.75, 3.05) is 18.5 Å². The zero-order chi connectivity index (χ0) is 12.8. The Balaban J connectivity index is 1.98. The Labute approximate surface area is 105 Å². The molecular weight excluding hydrogens is 230 g/mol. The molecule has 1 amide bonds. The Kier molecular flexibility index (Phi) is 4.09. The number of anilines is 1. The van der Waals surface area contributed by atoms with Crippen molar-refractivity contribution in [3.8, 4) is 11.3 Å². The molecule has 0 radical (unpaired) electrons. The molecule has 0 aliphatic carbocycles. The van der Waals surface area contributed by atoms with Gasteiger partial charge in [-0.1, -0.05) is 12.1 Å². The molecule has 0 atom stereocenters. The van der Waals surface area contributed by atoms with Crippen LogP contribution in [0.15, 0.2) is 36.5 Å². The van der Waals surface area contributed by atoms with Crippen molar-refractivity contribution in [3.63, 3.8) is 0 Å². The zero-order valence-corrected chi connectivity index (χ0v) is 10.1. The molecule has 5 nitrogen and oxygen atoms in total. The Morgan fingerprint density at radius 3 is 2.72 bits per heavy atom. The van der Waals surface area contributed by atoms with Crippen LogP contribution in [0.5, 0.6) is 0 Å². The van der Waals surface area contributed by atoms with Gasteiger partial charge in [-0.05, 0) is 30.7 Å². The summed E-state index contributed by atoms with van der Waals surface area (Å²) in [5.41, 5.74) is 2.72. The summed E-state index contributed by atoms with van der Waals surface area (Å²) in [6.07, 6.45) is 1.70. The van der Waals surface area contributed by atoms with Crippen molar-refractivity contribution in [2.24, 2.45) is 0 Å². The van der Waals surface area contributed by atoms with Crippen LogP contribution in [0.25, 0.3) is 11.3 Å². The van der Waals surface area contributed by atoms with Crippen LogP contribution in [-0.2, 0) is 9.53 Å². The van der Waals surface area contributed by atoms with Crippen molar-refractivity contribution in [1.82, 2.24) is 10.2 Å². The highest BCUT2D eigenvalue weighted by Gasteiger charge is 2.03. The van der Waals surface area contributed by atoms with Gasteiger partial charge in [-0.3, -0.25) is 9.89 Å². The molecule has 0 saturated heterocycles. The highest BCUT2D eigenvalue weighted by atomic mass is 16.5. The van der Waals surface area contributed by atoms with Crippen LogP contribution in [0.4, 0.5) is 5.69 Å². The number of benzene rings is 1. The summed E-state index contributed by atoms with van der Waals surface area (Å²) in [5, 5.41) is 9.54. The minimum absolute atomic E-state index is 0.0821. The van der Waals surface area contributed by atoms with Gasteiger partial charge in [-0.15, -0.1) is 0 Å². The van der Waals surface area contributed by atoms with Gasteiger partial charge >= 0.3 is 0 Å². The molecule has 2 rings (SSSR count). The number of carbonyl (C=O) groups is 1. The van der Waals surface area contributed by atoms with Crippen LogP contribution in [0, 0.1) is 0 Å². The van der Waals surface area contributed by atoms with E-state index >= 15 is 0 Å². The van der Waals surface area contributed by atoms with Crippen molar-refractivity contribution in [1.29, 1.82) is 0 Å². The second-order valence-corrected chi connectivity index (χ2v) is 3.73. The summed E-state index contributed by atoms with van der Waals surface area (Å²) in [4.78, 5) is 11.4. The normalized spacial score (nSPS) is 10.3. The van der Waals surface area contributed by atoms with Crippen LogP contribution in [-0.4, -0.2) is 29.3 Å². The van der Waals surface area contributed by atoms with Crippen LogP contribution >= 0.6 is 0 Å². The molecule has 0 aliphatic rings. The standard InChI is InChI=1S/C13H15N3O2/c1-2-18-9-13(17)15-11-5-3-10(4-6-11)12-7-8-14-16-12/h3-8H,2,9H2,1H3,(H,14,16)(H,15,17). The molecule has 1 aromatic heterocycles. The van der Waals surface area contributed by atoms with Gasteiger partial charge in [0.15, 0.2) is 0 Å². The first-order valence-corrected chi connectivity index (χ1v) is 5.77. The lowest BCUT2D eigenvalue weighted by Gasteiger charge is -2.05. The minimum Gasteiger partial charge on any atom is -0.372 e. The number of carbonyl (C=O) groups excluding carboxylic acids is 1. The molecule has 0 spiro atoms. The van der Waals surface area contributed by atoms with Gasteiger partial charge in [-0.2, -0.15) is 5.10 Å². The predicted octanol–water partition coefficient (Wildman–Crippen LogP) is 2.05. The maximum absolute atomic E-state index is 11.4. The number of nitrogens with zero attached hydrogens (tertiary/aromatic N) is 1. The van der Waals surface area contributed by atoms with E-state index in [9.17, 15) is 4.79 Å². The number of ether oxygens (including phenoxy) is 1. The smallest absolute Gasteiger partial charge is 0.250 e. The average Bonchev–Trinajstić information content (AvgIpc) is 2.91. The van der Waals surface area contributed by atoms with E-state index in [2.05, 4.69) is 15.5 Å². The molecule has 2 aromatic rings. The number of amides is 1. The summed E-state index contributed by atoms with van der Waals surface area (Å²) in [5.74, 6) is -0.147. The third-order valence-electron chi connectivity index (χ3n) is 2.42. The van der Waals surface area contributed by atoms with Gasteiger partial charge in [0.05, 0.1) is 5.69 Å². The lowest BCUT2D eigenvalue weighted by atomic mass is 10.1. The van der Waals surface area contributed by atoms with E-state index in [4.69, 9.17) is 4.74 Å². The van der Waals surface area contributed by atoms with E-state index in [0.29, 0.717) is 6.61 Å². The number of aromatic amines is 1. The van der Waals surface area contributed by atoms with E-state index in [1.54, 1.807) is 6.20 Å². The SMILES string of the molecule is CCOCC(=O)Nc1ccc(-c2ccn[nH]2)cc1. The molecule has 0 aliphatic heterocycles. The molecule has 18 heavy (non-hydrogen) atoms. The Morgan fingerprint density at radius 2 is 2.11 bits per heavy atom. The third-order valence-corrected chi connectivity index (χ3v) is 2.42. The first kappa shape index (κ1) is 12.3. The fraction of sp³-hybridized carbons (Fsp3) is 0.231. The lowest BCUT2D eigenvalue weighted by Crippen LogP contribution is -2.18. The molecule has 0 bridgehead atoms. The quantitative estimate of drug-likeness (QED) is 0.847. The fourth-order valence-corrected chi connectivity index (χ4v) is 1.54. The van der Waals surface area contributed by atoms with Gasteiger partial charge in [0, 0.05) is 18.5 Å². The van der Waals surface area contributed by atoms with E-state index < -0.39 is 0 Å². The molecule has 94 valence electrons. The molecule has 1 aromatic carbocycles. The Bertz CT molecular complexity index is 491. The van der Waals surface area contributed by atoms with Crippen LogP contribution in [0.2, 0.25) is 0 Å². The largest absolute Gasteiger partial charge is 0.372 e. The molecule has 1 heterocycles. The van der Waals surface area contributed by atoms with E-state index in [0.717, 1.165) is 16.9 Å². The summed E-state index contributed by atoms with van der Waals surface area (Å²) < 4.78 is 5.02. The molecule has 5 heteroatoms. The van der Waals surface area contributed by atoms with Crippen LogP contribution in [0.1, 0.15) is 6.92 Å². The molecule has 0 unspecified atom stereocenters. The van der Waals surface area contributed by atoms with Gasteiger partial charge in [0.2, 0.25) is 5.91 Å². The molecule has 2 N–H and O–H groups in total. The number of nitrogens with one attached hydrogen (secondary N) is 2. The molecule has 0 fully saturated rings. The third kappa shape index (κ3) is 3.18. The van der Waals surface area contributed by atoms with E-state index in [1.165, 1.54) is 0 Å². The zero-order valence-electron chi connectivity index (χ0n) is 10.1. The summed E-state index contributed by atoms with van der Waals surface area (Å²) in [6.45, 7) is 2.47. The van der Waals surface area contributed by atoms with Crippen molar-refractivity contribution >= 4 is 11.6 Å². The number of rotatable bonds is 5. The number of aromatic nitrogens is 2. The van der Waals surface area contributed by atoms with Crippen LogP contribution in [0.3, 0.4) is 0 Å². The highest BCUT2D eigenvalue weighted by molar-refractivity contribution is 5.91. The predicted molar refractivity (Wildman–Crippen MR) is 69.1 cm³/mol. The van der Waals surface area contributed by atoms with Crippen molar-refractivity contribution in [2.45, 2.75) is 6.92 Å². The lowest BCUT2D eigenvalue weighted by molar-refractivity contribution is -0.120. The molecular formula is C13H15N3O2. The van der Waals surface area contributed by atoms with Crippen molar-refractivity contribution < 1.29 is 9.53 Å². The highest BCUT2D eigenvalue weighted by Crippen LogP contribution is 2.18. The topological polar surface area (TPSA) is 67.0 Å². The van der Waals surface area contributed by atoms with Crippen LogP contribution < -0.4 is 5.32 Å². The maximum atomic E-state index is 11.4. The second kappa shape index (κ2) is 5.97. The molecule has 0 saturated carbocycles. The maximum Gasteiger partial charge on any atom is 0.250 e. The first-order valence-electron chi connectivity index (χ1n) is 5.77. The number of H-pyrrole nitrogens is 1. The van der Waals surface area contributed by atoms with Gasteiger partial charge < -0.3 is 10.1 Å². The number of hydrogen-bond acceptors (Lipinski definition) is 3. The fourth-order valence-electron chi connectivity index (χ4n) is 1.54. The number of hydrogen-bond donors (Lipinski definition) is 2. The summed E-state index contributed by atoms with van der Waals surface area (Å²) in [7, 11) is 0. The van der Waals surface area contributed by atoms with Gasteiger partial charge in [-0.25, -0.2) is 0 Å². The summed E-state index contributed by atoms with van der Waals surface area (Å²) >= 11 is 0. The van der Waals surface area contributed by atoms with Gasteiger partial charge in [0.1, 0.15) is 6.61 Å². The van der Waals surface area contributed by atoms with Gasteiger partial charge in [0.25, 0.3) is 0 Å². The monoisotopic (exact) mass is 245 g/mol. The first-order chi connectivity index (χ1) is 8.79. The average molecular weight is 245 g/mol. The van der Waals surface area contributed by atoms with E-state index in [-0.39, 0.29) is 12.5 Å². The summed E-state index contributed by atoms with van der Waals surface area (Å²) in [6, 6.07) is 9.43. The van der Waals surface area contributed by atoms with E-state index in [1.807, 2.05) is 37.3 Å².